The zero-order chi connectivity index (χ0) is 27.5. The molecule has 1 saturated heterocycles. The molecule has 0 radical (unpaired) electrons. The molecule has 200 valence electrons. The number of amides is 3. The number of hydrogen-bond acceptors (Lipinski definition) is 11. The standard InChI is InChI=1S/C22H33N5O8S/c1-20(2,3)33-17(31)22(7,8)35-27-14(16(30)25-13-11(9-28)23-15(13)29)12-10-36-18(24-12)26-19(32)34-21(4,5)6/h10-11,13,28H,9H2,1-8H3,(H,23,29)(H,25,30)(H,24,26,32). The first kappa shape index (κ1) is 29.0. The molecule has 2 heterocycles. The average molecular weight is 528 g/mol. The number of aliphatic hydroxyl groups is 1. The van der Waals surface area contributed by atoms with Crippen molar-refractivity contribution in [3.63, 3.8) is 0 Å². The number of hydrogen-bond donors (Lipinski definition) is 4. The van der Waals surface area contributed by atoms with Gasteiger partial charge in [0.25, 0.3) is 5.91 Å². The summed E-state index contributed by atoms with van der Waals surface area (Å²) in [4.78, 5) is 59.0. The Hall–Kier alpha value is -3.26. The fourth-order valence-electron chi connectivity index (χ4n) is 2.60. The number of oxime groups is 1. The Morgan fingerprint density at radius 3 is 2.25 bits per heavy atom. The number of aliphatic hydroxyl groups excluding tert-OH is 1. The van der Waals surface area contributed by atoms with Crippen molar-refractivity contribution in [1.82, 2.24) is 15.6 Å². The van der Waals surface area contributed by atoms with Gasteiger partial charge in [0.1, 0.15) is 22.9 Å². The number of β-lactam (4-membered cyclic amide) rings is 1. The minimum atomic E-state index is -1.58. The highest BCUT2D eigenvalue weighted by atomic mass is 32.1. The normalized spacial score (nSPS) is 18.5. The van der Waals surface area contributed by atoms with E-state index in [1.54, 1.807) is 41.5 Å². The molecule has 1 fully saturated rings. The highest BCUT2D eigenvalue weighted by molar-refractivity contribution is 7.14. The smallest absolute Gasteiger partial charge is 0.413 e. The molecule has 0 aromatic carbocycles. The Bertz CT molecular complexity index is 1040. The van der Waals surface area contributed by atoms with Crippen LogP contribution in [0.15, 0.2) is 10.5 Å². The zero-order valence-electron chi connectivity index (χ0n) is 21.5. The Kier molecular flexibility index (Phi) is 8.68. The molecule has 0 spiro atoms. The molecule has 2 rings (SSSR count). The molecular weight excluding hydrogens is 494 g/mol. The fourth-order valence-corrected chi connectivity index (χ4v) is 3.28. The second kappa shape index (κ2) is 10.8. The van der Waals surface area contributed by atoms with Crippen molar-refractivity contribution < 1.29 is 38.6 Å². The van der Waals surface area contributed by atoms with Gasteiger partial charge in [0.15, 0.2) is 10.8 Å². The number of esters is 1. The zero-order valence-corrected chi connectivity index (χ0v) is 22.4. The highest BCUT2D eigenvalue weighted by Gasteiger charge is 2.41. The van der Waals surface area contributed by atoms with Crippen LogP contribution in [0.5, 0.6) is 0 Å². The van der Waals surface area contributed by atoms with Gasteiger partial charge in [-0.25, -0.2) is 14.6 Å². The molecule has 1 aliphatic rings. The minimum Gasteiger partial charge on any atom is -0.457 e. The van der Waals surface area contributed by atoms with E-state index in [4.69, 9.17) is 14.3 Å². The predicted molar refractivity (Wildman–Crippen MR) is 130 cm³/mol. The summed E-state index contributed by atoms with van der Waals surface area (Å²) in [6.45, 7) is 12.6. The van der Waals surface area contributed by atoms with Gasteiger partial charge in [0.2, 0.25) is 11.5 Å². The molecule has 14 heteroatoms. The van der Waals surface area contributed by atoms with Crippen molar-refractivity contribution in [1.29, 1.82) is 0 Å². The molecule has 3 amide bonds. The molecule has 0 aliphatic carbocycles. The summed E-state index contributed by atoms with van der Waals surface area (Å²) in [6, 6.07) is -1.66. The number of aromatic nitrogens is 1. The minimum absolute atomic E-state index is 0.00354. The van der Waals surface area contributed by atoms with E-state index < -0.39 is 52.8 Å². The third-order valence-electron chi connectivity index (χ3n) is 4.32. The van der Waals surface area contributed by atoms with Gasteiger partial charge in [-0.05, 0) is 55.4 Å². The quantitative estimate of drug-likeness (QED) is 0.168. The van der Waals surface area contributed by atoms with Crippen LogP contribution in [0.25, 0.3) is 0 Å². The average Bonchev–Trinajstić information content (AvgIpc) is 3.15. The second-order valence-corrected chi connectivity index (χ2v) is 11.3. The molecule has 13 nitrogen and oxygen atoms in total. The monoisotopic (exact) mass is 527 g/mol. The van der Waals surface area contributed by atoms with Crippen molar-refractivity contribution >= 4 is 46.1 Å². The molecule has 2 unspecified atom stereocenters. The molecular formula is C22H33N5O8S. The molecule has 0 saturated carbocycles. The van der Waals surface area contributed by atoms with Crippen LogP contribution in [-0.2, 0) is 28.7 Å². The van der Waals surface area contributed by atoms with E-state index in [1.807, 2.05) is 0 Å². The van der Waals surface area contributed by atoms with Gasteiger partial charge in [0, 0.05) is 5.38 Å². The number of nitrogens with zero attached hydrogens (tertiary/aromatic N) is 2. The fraction of sp³-hybridized carbons (Fsp3) is 0.636. The van der Waals surface area contributed by atoms with Crippen LogP contribution < -0.4 is 16.0 Å². The van der Waals surface area contributed by atoms with Crippen LogP contribution in [0.4, 0.5) is 9.93 Å². The van der Waals surface area contributed by atoms with Crippen molar-refractivity contribution in [2.24, 2.45) is 5.16 Å². The van der Waals surface area contributed by atoms with Crippen molar-refractivity contribution in [2.45, 2.75) is 84.3 Å². The summed E-state index contributed by atoms with van der Waals surface area (Å²) in [5.41, 5.74) is -3.45. The molecule has 1 aromatic rings. The summed E-state index contributed by atoms with van der Waals surface area (Å²) in [7, 11) is 0. The number of carbonyl (C=O) groups excluding carboxylic acids is 4. The summed E-state index contributed by atoms with van der Waals surface area (Å²) < 4.78 is 10.5. The number of ether oxygens (including phenoxy) is 2. The summed E-state index contributed by atoms with van der Waals surface area (Å²) in [6.07, 6.45) is -0.745. The van der Waals surface area contributed by atoms with Gasteiger partial charge in [-0.1, -0.05) is 5.16 Å². The molecule has 1 aromatic heterocycles. The van der Waals surface area contributed by atoms with Crippen molar-refractivity contribution in [3.05, 3.63) is 11.1 Å². The number of carbonyl (C=O) groups is 4. The highest BCUT2D eigenvalue weighted by Crippen LogP contribution is 2.21. The third kappa shape index (κ3) is 8.16. The van der Waals surface area contributed by atoms with Crippen molar-refractivity contribution in [3.8, 4) is 0 Å². The van der Waals surface area contributed by atoms with E-state index in [-0.39, 0.29) is 23.1 Å². The van der Waals surface area contributed by atoms with Gasteiger partial charge in [-0.2, -0.15) is 0 Å². The molecule has 36 heavy (non-hydrogen) atoms. The number of anilines is 1. The Morgan fingerprint density at radius 2 is 1.72 bits per heavy atom. The van der Waals surface area contributed by atoms with Crippen LogP contribution in [0.1, 0.15) is 61.1 Å². The maximum atomic E-state index is 13.0. The van der Waals surface area contributed by atoms with Crippen LogP contribution in [0.2, 0.25) is 0 Å². The molecule has 0 bridgehead atoms. The molecule has 2 atom stereocenters. The van der Waals surface area contributed by atoms with Crippen LogP contribution >= 0.6 is 11.3 Å². The SMILES string of the molecule is CC(C)(C)OC(=O)Nc1nc(C(=NOC(C)(C)C(=O)OC(C)(C)C)C(=O)NC2C(=O)NC2CO)cs1. The summed E-state index contributed by atoms with van der Waals surface area (Å²) in [5, 5.41) is 22.1. The van der Waals surface area contributed by atoms with E-state index >= 15 is 0 Å². The lowest BCUT2D eigenvalue weighted by Gasteiger charge is -2.35. The second-order valence-electron chi connectivity index (χ2n) is 10.5. The van der Waals surface area contributed by atoms with Gasteiger partial charge in [-0.15, -0.1) is 11.3 Å². The Morgan fingerprint density at radius 1 is 1.11 bits per heavy atom. The molecule has 1 aliphatic heterocycles. The Balaban J connectivity index is 2.30. The van der Waals surface area contributed by atoms with Gasteiger partial charge in [0.05, 0.1) is 12.6 Å². The Labute approximate surface area is 212 Å². The van der Waals surface area contributed by atoms with Crippen molar-refractivity contribution in [2.75, 3.05) is 11.9 Å². The van der Waals surface area contributed by atoms with Crippen LogP contribution in [-0.4, -0.2) is 75.2 Å². The first-order chi connectivity index (χ1) is 16.4. The number of thiazole rings is 1. The largest absolute Gasteiger partial charge is 0.457 e. The van der Waals surface area contributed by atoms with Gasteiger partial charge < -0.3 is 30.1 Å². The van der Waals surface area contributed by atoms with Gasteiger partial charge >= 0.3 is 12.1 Å². The summed E-state index contributed by atoms with van der Waals surface area (Å²) in [5.74, 6) is -2.05. The maximum Gasteiger partial charge on any atom is 0.413 e. The number of rotatable bonds is 8. The summed E-state index contributed by atoms with van der Waals surface area (Å²) >= 11 is 0.991. The number of nitrogens with one attached hydrogen (secondary N) is 3. The van der Waals surface area contributed by atoms with Gasteiger partial charge in [-0.3, -0.25) is 14.9 Å². The van der Waals surface area contributed by atoms with Crippen LogP contribution in [0.3, 0.4) is 0 Å². The van der Waals surface area contributed by atoms with E-state index in [1.165, 1.54) is 19.2 Å². The van der Waals surface area contributed by atoms with Crippen LogP contribution in [0, 0.1) is 0 Å². The van der Waals surface area contributed by atoms with E-state index in [2.05, 4.69) is 26.1 Å². The molecule has 4 N–H and O–H groups in total. The van der Waals surface area contributed by atoms with E-state index in [0.717, 1.165) is 11.3 Å². The lowest BCUT2D eigenvalue weighted by atomic mass is 9.99. The lowest BCUT2D eigenvalue weighted by Crippen LogP contribution is -2.70. The first-order valence-corrected chi connectivity index (χ1v) is 12.0. The topological polar surface area (TPSA) is 178 Å². The first-order valence-electron chi connectivity index (χ1n) is 11.1. The van der Waals surface area contributed by atoms with E-state index in [0.29, 0.717) is 0 Å². The maximum absolute atomic E-state index is 13.0. The van der Waals surface area contributed by atoms with E-state index in [9.17, 15) is 24.3 Å². The third-order valence-corrected chi connectivity index (χ3v) is 5.08. The predicted octanol–water partition coefficient (Wildman–Crippen LogP) is 1.31. The lowest BCUT2D eigenvalue weighted by molar-refractivity contribution is -0.179.